The summed E-state index contributed by atoms with van der Waals surface area (Å²) < 4.78 is 7.98. The molecule has 152 valence electrons. The number of rotatable bonds is 7. The van der Waals surface area contributed by atoms with Gasteiger partial charge in [-0.1, -0.05) is 23.7 Å². The highest BCUT2D eigenvalue weighted by Gasteiger charge is 2.13. The van der Waals surface area contributed by atoms with Gasteiger partial charge >= 0.3 is 0 Å². The zero-order chi connectivity index (χ0) is 20.9. The molecule has 7 heteroatoms. The van der Waals surface area contributed by atoms with Gasteiger partial charge in [0.15, 0.2) is 0 Å². The number of nitrogens with zero attached hydrogens (tertiary/aromatic N) is 3. The van der Waals surface area contributed by atoms with Crippen molar-refractivity contribution >= 4 is 28.5 Å². The monoisotopic (exact) mass is 420 g/mol. The summed E-state index contributed by atoms with van der Waals surface area (Å²) in [6.07, 6.45) is 3.18. The highest BCUT2D eigenvalue weighted by atomic mass is 35.5. The number of carbonyl (C=O) groups is 1. The van der Waals surface area contributed by atoms with Crippen molar-refractivity contribution < 1.29 is 9.53 Å². The number of para-hydroxylation sites is 2. The molecule has 6 nitrogen and oxygen atoms in total. The Morgan fingerprint density at radius 2 is 2.03 bits per heavy atom. The summed E-state index contributed by atoms with van der Waals surface area (Å²) in [6, 6.07) is 17.0. The molecule has 2 heterocycles. The van der Waals surface area contributed by atoms with E-state index in [0.717, 1.165) is 33.2 Å². The lowest BCUT2D eigenvalue weighted by Crippen LogP contribution is -2.25. The van der Waals surface area contributed by atoms with Crippen molar-refractivity contribution in [3.63, 3.8) is 0 Å². The van der Waals surface area contributed by atoms with E-state index >= 15 is 0 Å². The van der Waals surface area contributed by atoms with Gasteiger partial charge in [0, 0.05) is 17.4 Å². The number of pyridine rings is 1. The Bertz CT molecular complexity index is 1170. The van der Waals surface area contributed by atoms with Gasteiger partial charge in [-0.15, -0.1) is 0 Å². The van der Waals surface area contributed by atoms with Crippen LogP contribution in [0.3, 0.4) is 0 Å². The Labute approximate surface area is 179 Å². The zero-order valence-corrected chi connectivity index (χ0v) is 17.3. The van der Waals surface area contributed by atoms with Crippen LogP contribution in [-0.2, 0) is 13.1 Å². The average Bonchev–Trinajstić information content (AvgIpc) is 3.13. The van der Waals surface area contributed by atoms with Crippen molar-refractivity contribution in [3.8, 4) is 5.75 Å². The number of nitrogens with one attached hydrogen (secondary N) is 1. The molecule has 0 radical (unpaired) electrons. The predicted molar refractivity (Wildman–Crippen MR) is 117 cm³/mol. The maximum atomic E-state index is 12.4. The number of carbonyl (C=O) groups excluding carboxylic acids is 1. The van der Waals surface area contributed by atoms with Gasteiger partial charge < -0.3 is 14.6 Å². The fourth-order valence-electron chi connectivity index (χ4n) is 3.23. The Hall–Kier alpha value is -3.38. The van der Waals surface area contributed by atoms with Crippen LogP contribution in [-0.4, -0.2) is 27.0 Å². The van der Waals surface area contributed by atoms with Crippen molar-refractivity contribution in [2.75, 3.05) is 6.61 Å². The minimum absolute atomic E-state index is 0.186. The number of imidazole rings is 1. The van der Waals surface area contributed by atoms with Crippen LogP contribution in [0.4, 0.5) is 0 Å². The van der Waals surface area contributed by atoms with E-state index < -0.39 is 0 Å². The lowest BCUT2D eigenvalue weighted by Gasteiger charge is -2.12. The Morgan fingerprint density at radius 1 is 1.17 bits per heavy atom. The van der Waals surface area contributed by atoms with Crippen LogP contribution in [0.25, 0.3) is 11.0 Å². The van der Waals surface area contributed by atoms with Crippen LogP contribution in [0.5, 0.6) is 5.75 Å². The summed E-state index contributed by atoms with van der Waals surface area (Å²) >= 11 is 6.08. The van der Waals surface area contributed by atoms with Crippen LogP contribution >= 0.6 is 11.6 Å². The van der Waals surface area contributed by atoms with Gasteiger partial charge in [-0.3, -0.25) is 9.78 Å². The summed E-state index contributed by atoms with van der Waals surface area (Å²) in [7, 11) is 0. The van der Waals surface area contributed by atoms with Gasteiger partial charge in [0.25, 0.3) is 5.91 Å². The summed E-state index contributed by atoms with van der Waals surface area (Å²) in [5.74, 6) is 1.35. The van der Waals surface area contributed by atoms with Crippen molar-refractivity contribution in [2.45, 2.75) is 20.0 Å². The molecule has 0 aliphatic carbocycles. The first-order valence-electron chi connectivity index (χ1n) is 9.63. The zero-order valence-electron chi connectivity index (χ0n) is 16.5. The van der Waals surface area contributed by atoms with Crippen LogP contribution in [0.2, 0.25) is 5.02 Å². The topological polar surface area (TPSA) is 69.0 Å². The number of aryl methyl sites for hydroxylation is 1. The molecule has 0 aliphatic rings. The van der Waals surface area contributed by atoms with E-state index in [4.69, 9.17) is 16.3 Å². The third-order valence-electron chi connectivity index (χ3n) is 4.78. The SMILES string of the molecule is Cc1cc(OCCn2c(CNC(=O)c3cccnc3)nc3ccccc32)ccc1Cl. The summed E-state index contributed by atoms with van der Waals surface area (Å²) in [6.45, 7) is 3.31. The molecule has 0 aliphatic heterocycles. The minimum atomic E-state index is -0.186. The molecule has 30 heavy (non-hydrogen) atoms. The third kappa shape index (κ3) is 4.44. The molecular weight excluding hydrogens is 400 g/mol. The Balaban J connectivity index is 1.48. The van der Waals surface area contributed by atoms with E-state index in [-0.39, 0.29) is 5.91 Å². The number of hydrogen-bond donors (Lipinski definition) is 1. The van der Waals surface area contributed by atoms with E-state index in [9.17, 15) is 4.79 Å². The maximum Gasteiger partial charge on any atom is 0.253 e. The molecule has 0 unspecified atom stereocenters. The number of halogens is 1. The van der Waals surface area contributed by atoms with Crippen LogP contribution < -0.4 is 10.1 Å². The van der Waals surface area contributed by atoms with E-state index in [1.807, 2.05) is 49.4 Å². The molecule has 1 N–H and O–H groups in total. The molecule has 1 amide bonds. The number of ether oxygens (including phenoxy) is 1. The normalized spacial score (nSPS) is 10.9. The summed E-state index contributed by atoms with van der Waals surface area (Å²) in [5.41, 5.74) is 3.37. The first kappa shape index (κ1) is 19.9. The van der Waals surface area contributed by atoms with Crippen molar-refractivity contribution in [1.29, 1.82) is 0 Å². The number of amides is 1. The molecule has 0 atom stereocenters. The third-order valence-corrected chi connectivity index (χ3v) is 5.20. The largest absolute Gasteiger partial charge is 0.492 e. The molecule has 0 bridgehead atoms. The molecule has 0 spiro atoms. The summed E-state index contributed by atoms with van der Waals surface area (Å²) in [5, 5.41) is 3.64. The van der Waals surface area contributed by atoms with Crippen LogP contribution in [0.15, 0.2) is 67.0 Å². The highest BCUT2D eigenvalue weighted by Crippen LogP contribution is 2.21. The minimum Gasteiger partial charge on any atom is -0.492 e. The number of aromatic nitrogens is 3. The molecule has 0 saturated carbocycles. The lowest BCUT2D eigenvalue weighted by atomic mass is 10.2. The van der Waals surface area contributed by atoms with Crippen LogP contribution in [0, 0.1) is 6.92 Å². The summed E-state index contributed by atoms with van der Waals surface area (Å²) in [4.78, 5) is 21.1. The second kappa shape index (κ2) is 8.97. The van der Waals surface area contributed by atoms with Gasteiger partial charge in [0.1, 0.15) is 18.2 Å². The molecule has 4 aromatic rings. The molecule has 0 fully saturated rings. The lowest BCUT2D eigenvalue weighted by molar-refractivity contribution is 0.0949. The second-order valence-corrected chi connectivity index (χ2v) is 7.26. The predicted octanol–water partition coefficient (Wildman–Crippen LogP) is 4.40. The Morgan fingerprint density at radius 3 is 2.83 bits per heavy atom. The second-order valence-electron chi connectivity index (χ2n) is 6.85. The number of benzene rings is 2. The average molecular weight is 421 g/mol. The van der Waals surface area contributed by atoms with Gasteiger partial charge in [-0.25, -0.2) is 4.98 Å². The molecule has 2 aromatic carbocycles. The maximum absolute atomic E-state index is 12.4. The fraction of sp³-hybridized carbons (Fsp3) is 0.174. The van der Waals surface area contributed by atoms with Gasteiger partial charge in [-0.05, 0) is 55.0 Å². The van der Waals surface area contributed by atoms with E-state index in [0.29, 0.717) is 25.3 Å². The van der Waals surface area contributed by atoms with Crippen molar-refractivity contribution in [3.05, 3.63) is 89.0 Å². The van der Waals surface area contributed by atoms with Gasteiger partial charge in [-0.2, -0.15) is 0 Å². The van der Waals surface area contributed by atoms with Crippen molar-refractivity contribution in [2.24, 2.45) is 0 Å². The number of fused-ring (bicyclic) bond motifs is 1. The fourth-order valence-corrected chi connectivity index (χ4v) is 3.35. The molecule has 2 aromatic heterocycles. The number of hydrogen-bond acceptors (Lipinski definition) is 4. The molecular formula is C23H21ClN4O2. The smallest absolute Gasteiger partial charge is 0.253 e. The van der Waals surface area contributed by atoms with Gasteiger partial charge in [0.2, 0.25) is 0 Å². The van der Waals surface area contributed by atoms with Crippen LogP contribution in [0.1, 0.15) is 21.7 Å². The first-order valence-corrected chi connectivity index (χ1v) is 10.0. The van der Waals surface area contributed by atoms with Crippen molar-refractivity contribution in [1.82, 2.24) is 19.9 Å². The van der Waals surface area contributed by atoms with Gasteiger partial charge in [0.05, 0.1) is 29.7 Å². The van der Waals surface area contributed by atoms with E-state index in [1.165, 1.54) is 0 Å². The molecule has 4 rings (SSSR count). The highest BCUT2D eigenvalue weighted by molar-refractivity contribution is 6.31. The standard InChI is InChI=1S/C23H21ClN4O2/c1-16-13-18(8-9-19(16)24)30-12-11-28-21-7-3-2-6-20(21)27-22(28)15-26-23(29)17-5-4-10-25-14-17/h2-10,13-14H,11-12,15H2,1H3,(H,26,29). The first-order chi connectivity index (χ1) is 14.6. The quantitative estimate of drug-likeness (QED) is 0.481. The molecule has 0 saturated heterocycles. The van der Waals surface area contributed by atoms with E-state index in [2.05, 4.69) is 19.9 Å². The van der Waals surface area contributed by atoms with E-state index in [1.54, 1.807) is 24.5 Å². The Kier molecular flexibility index (Phi) is 5.95.